The molecule has 0 unspecified atom stereocenters. The van der Waals surface area contributed by atoms with E-state index in [0.29, 0.717) is 22.4 Å². The number of hydrogen-bond acceptors (Lipinski definition) is 2. The van der Waals surface area contributed by atoms with Gasteiger partial charge >= 0.3 is 6.29 Å². The molecule has 1 aliphatic heterocycles. The third kappa shape index (κ3) is 3.39. The van der Waals surface area contributed by atoms with Gasteiger partial charge in [0.15, 0.2) is 11.5 Å². The summed E-state index contributed by atoms with van der Waals surface area (Å²) in [5.74, 6) is 0.660. The zero-order chi connectivity index (χ0) is 19.2. The van der Waals surface area contributed by atoms with Crippen molar-refractivity contribution in [3.8, 4) is 22.6 Å². The molecule has 0 spiro atoms. The van der Waals surface area contributed by atoms with E-state index in [0.717, 1.165) is 12.0 Å². The molecule has 5 heteroatoms. The summed E-state index contributed by atoms with van der Waals surface area (Å²) < 4.78 is 35.8. The Bertz CT molecular complexity index is 815. The quantitative estimate of drug-likeness (QED) is 0.561. The zero-order valence-corrected chi connectivity index (χ0v) is 16.4. The SMILES string of the molecule is CCc1c(C(C)C)cc(-c2cc3c(cc2Cl)OC(F)(F)O3)cc1C(C)C. The highest BCUT2D eigenvalue weighted by atomic mass is 35.5. The standard InChI is InChI=1S/C21H23ClF2O2/c1-6-14-15(11(2)3)7-13(8-16(14)12(4)5)17-9-19-20(10-18(17)22)26-21(23,24)25-19/h7-12H,6H2,1-5H3. The van der Waals surface area contributed by atoms with Gasteiger partial charge in [0.25, 0.3) is 0 Å². The van der Waals surface area contributed by atoms with Crippen LogP contribution in [0.5, 0.6) is 11.5 Å². The van der Waals surface area contributed by atoms with Crippen molar-refractivity contribution in [1.29, 1.82) is 0 Å². The Labute approximate surface area is 158 Å². The molecule has 0 bridgehead atoms. The molecule has 2 nitrogen and oxygen atoms in total. The van der Waals surface area contributed by atoms with Gasteiger partial charge in [-0.15, -0.1) is 8.78 Å². The number of fused-ring (bicyclic) bond motifs is 1. The molecule has 2 aromatic carbocycles. The second kappa shape index (κ2) is 6.73. The first-order valence-corrected chi connectivity index (χ1v) is 9.27. The predicted molar refractivity (Wildman–Crippen MR) is 101 cm³/mol. The van der Waals surface area contributed by atoms with E-state index in [9.17, 15) is 8.78 Å². The summed E-state index contributed by atoms with van der Waals surface area (Å²) in [6.07, 6.45) is -2.70. The van der Waals surface area contributed by atoms with Gasteiger partial charge in [-0.05, 0) is 46.6 Å². The summed E-state index contributed by atoms with van der Waals surface area (Å²) in [5.41, 5.74) is 5.43. The van der Waals surface area contributed by atoms with E-state index in [4.69, 9.17) is 11.6 Å². The van der Waals surface area contributed by atoms with Crippen LogP contribution < -0.4 is 9.47 Å². The minimum Gasteiger partial charge on any atom is -0.395 e. The number of alkyl halides is 2. The van der Waals surface area contributed by atoms with Gasteiger partial charge in [-0.1, -0.05) is 58.4 Å². The lowest BCUT2D eigenvalue weighted by Gasteiger charge is -2.21. The number of halogens is 3. The molecule has 0 N–H and O–H groups in total. The number of benzene rings is 2. The Balaban J connectivity index is 2.19. The van der Waals surface area contributed by atoms with Crippen LogP contribution in [0.1, 0.15) is 63.1 Å². The van der Waals surface area contributed by atoms with Crippen LogP contribution in [0.4, 0.5) is 8.78 Å². The third-order valence-electron chi connectivity index (χ3n) is 4.72. The smallest absolute Gasteiger partial charge is 0.395 e. The van der Waals surface area contributed by atoms with E-state index in [1.54, 1.807) is 0 Å². The van der Waals surface area contributed by atoms with Gasteiger partial charge in [0.2, 0.25) is 0 Å². The molecule has 0 fully saturated rings. The van der Waals surface area contributed by atoms with Gasteiger partial charge in [0, 0.05) is 11.6 Å². The fourth-order valence-corrected chi connectivity index (χ4v) is 3.77. The fourth-order valence-electron chi connectivity index (χ4n) is 3.50. The van der Waals surface area contributed by atoms with E-state index >= 15 is 0 Å². The van der Waals surface area contributed by atoms with Gasteiger partial charge < -0.3 is 9.47 Å². The molecule has 1 heterocycles. The Morgan fingerprint density at radius 1 is 0.923 bits per heavy atom. The molecular weight excluding hydrogens is 358 g/mol. The first kappa shape index (κ1) is 19.0. The number of ether oxygens (including phenoxy) is 2. The van der Waals surface area contributed by atoms with Crippen molar-refractivity contribution in [3.63, 3.8) is 0 Å². The Hall–Kier alpha value is -1.81. The molecule has 2 aromatic rings. The fraction of sp³-hybridized carbons (Fsp3) is 0.429. The first-order chi connectivity index (χ1) is 12.1. The molecule has 0 aromatic heterocycles. The molecule has 0 amide bonds. The van der Waals surface area contributed by atoms with E-state index in [2.05, 4.69) is 56.2 Å². The van der Waals surface area contributed by atoms with Gasteiger partial charge in [0.05, 0.1) is 5.02 Å². The molecule has 3 rings (SSSR count). The summed E-state index contributed by atoms with van der Waals surface area (Å²) in [6, 6.07) is 7.15. The average Bonchev–Trinajstić information content (AvgIpc) is 2.85. The first-order valence-electron chi connectivity index (χ1n) is 8.89. The van der Waals surface area contributed by atoms with E-state index in [1.807, 2.05) is 0 Å². The lowest BCUT2D eigenvalue weighted by molar-refractivity contribution is -0.286. The van der Waals surface area contributed by atoms with Crippen molar-refractivity contribution in [2.45, 2.75) is 59.2 Å². The molecule has 0 atom stereocenters. The second-order valence-corrected chi connectivity index (χ2v) is 7.65. The highest BCUT2D eigenvalue weighted by Crippen LogP contribution is 2.47. The highest BCUT2D eigenvalue weighted by Gasteiger charge is 2.43. The Kier molecular flexibility index (Phi) is 4.91. The van der Waals surface area contributed by atoms with E-state index in [1.165, 1.54) is 28.8 Å². The summed E-state index contributed by atoms with van der Waals surface area (Å²) in [4.78, 5) is 0. The van der Waals surface area contributed by atoms with Gasteiger partial charge in [0.1, 0.15) is 0 Å². The number of rotatable bonds is 4. The summed E-state index contributed by atoms with van der Waals surface area (Å²) in [6.45, 7) is 10.8. The van der Waals surface area contributed by atoms with Crippen molar-refractivity contribution >= 4 is 11.6 Å². The van der Waals surface area contributed by atoms with Crippen molar-refractivity contribution in [1.82, 2.24) is 0 Å². The van der Waals surface area contributed by atoms with Crippen LogP contribution in [-0.4, -0.2) is 6.29 Å². The van der Waals surface area contributed by atoms with Crippen LogP contribution in [-0.2, 0) is 6.42 Å². The van der Waals surface area contributed by atoms with Gasteiger partial charge in [-0.2, -0.15) is 0 Å². The summed E-state index contributed by atoms with van der Waals surface area (Å²) in [5, 5.41) is 0.360. The maximum atomic E-state index is 13.4. The molecule has 1 aliphatic rings. The molecule has 0 saturated heterocycles. The molecular formula is C21H23ClF2O2. The number of hydrogen-bond donors (Lipinski definition) is 0. The predicted octanol–water partition coefficient (Wildman–Crippen LogP) is 7.14. The van der Waals surface area contributed by atoms with Crippen molar-refractivity contribution < 1.29 is 18.3 Å². The average molecular weight is 381 g/mol. The normalized spacial score (nSPS) is 15.2. The Morgan fingerprint density at radius 2 is 1.42 bits per heavy atom. The van der Waals surface area contributed by atoms with Crippen LogP contribution in [0.25, 0.3) is 11.1 Å². The third-order valence-corrected chi connectivity index (χ3v) is 5.03. The maximum absolute atomic E-state index is 13.4. The molecule has 140 valence electrons. The minimum atomic E-state index is -3.65. The van der Waals surface area contributed by atoms with Crippen molar-refractivity contribution in [2.24, 2.45) is 0 Å². The molecule has 0 saturated carbocycles. The van der Waals surface area contributed by atoms with Crippen LogP contribution in [0.2, 0.25) is 5.02 Å². The lowest BCUT2D eigenvalue weighted by Crippen LogP contribution is -2.25. The lowest BCUT2D eigenvalue weighted by atomic mass is 9.84. The zero-order valence-electron chi connectivity index (χ0n) is 15.6. The Morgan fingerprint density at radius 3 is 1.88 bits per heavy atom. The van der Waals surface area contributed by atoms with Crippen LogP contribution in [0.15, 0.2) is 24.3 Å². The summed E-state index contributed by atoms with van der Waals surface area (Å²) >= 11 is 6.39. The largest absolute Gasteiger partial charge is 0.586 e. The van der Waals surface area contributed by atoms with Crippen LogP contribution in [0.3, 0.4) is 0 Å². The van der Waals surface area contributed by atoms with Gasteiger partial charge in [-0.25, -0.2) is 0 Å². The minimum absolute atomic E-state index is 0.00571. The monoisotopic (exact) mass is 380 g/mol. The van der Waals surface area contributed by atoms with Crippen LogP contribution in [0, 0.1) is 0 Å². The maximum Gasteiger partial charge on any atom is 0.586 e. The summed E-state index contributed by atoms with van der Waals surface area (Å²) in [7, 11) is 0. The van der Waals surface area contributed by atoms with Crippen molar-refractivity contribution in [2.75, 3.05) is 0 Å². The second-order valence-electron chi connectivity index (χ2n) is 7.24. The highest BCUT2D eigenvalue weighted by molar-refractivity contribution is 6.33. The van der Waals surface area contributed by atoms with Crippen molar-refractivity contribution in [3.05, 3.63) is 46.0 Å². The van der Waals surface area contributed by atoms with E-state index in [-0.39, 0.29) is 11.5 Å². The van der Waals surface area contributed by atoms with E-state index < -0.39 is 6.29 Å². The molecule has 26 heavy (non-hydrogen) atoms. The van der Waals surface area contributed by atoms with Crippen LogP contribution >= 0.6 is 11.6 Å². The van der Waals surface area contributed by atoms with Gasteiger partial charge in [-0.3, -0.25) is 0 Å². The molecule has 0 radical (unpaired) electrons. The topological polar surface area (TPSA) is 18.5 Å². The molecule has 0 aliphatic carbocycles.